The Labute approximate surface area is 99.0 Å². The Hall–Kier alpha value is -1.13. The molecule has 2 rings (SSSR count). The zero-order chi connectivity index (χ0) is 11.5. The molecule has 1 aliphatic rings. The molecule has 16 heavy (non-hydrogen) atoms. The number of hydrogen-bond donors (Lipinski definition) is 1. The van der Waals surface area contributed by atoms with E-state index in [1.54, 1.807) is 22.3 Å². The summed E-state index contributed by atoms with van der Waals surface area (Å²) in [6, 6.07) is 4.05. The summed E-state index contributed by atoms with van der Waals surface area (Å²) in [6.07, 6.45) is 3.46. The molecule has 1 N–H and O–H groups in total. The molecule has 1 saturated heterocycles. The first-order chi connectivity index (χ1) is 7.69. The monoisotopic (exact) mass is 237 g/mol. The van der Waals surface area contributed by atoms with Crippen molar-refractivity contribution in [2.24, 2.45) is 5.92 Å². The number of nitrogens with zero attached hydrogens (tertiary/aromatic N) is 1. The summed E-state index contributed by atoms with van der Waals surface area (Å²) < 4.78 is 0. The van der Waals surface area contributed by atoms with Crippen molar-refractivity contribution in [1.29, 1.82) is 0 Å². The van der Waals surface area contributed by atoms with Crippen LogP contribution in [0.1, 0.15) is 9.75 Å². The molecule has 1 aromatic heterocycles. The molecule has 0 unspecified atom stereocenters. The lowest BCUT2D eigenvalue weighted by Crippen LogP contribution is -2.50. The van der Waals surface area contributed by atoms with Gasteiger partial charge in [-0.2, -0.15) is 0 Å². The van der Waals surface area contributed by atoms with E-state index in [9.17, 15) is 4.79 Å². The maximum absolute atomic E-state index is 11.6. The zero-order valence-electron chi connectivity index (χ0n) is 9.22. The van der Waals surface area contributed by atoms with Crippen LogP contribution in [0.2, 0.25) is 0 Å². The van der Waals surface area contributed by atoms with Gasteiger partial charge < -0.3 is 10.0 Å². The van der Waals surface area contributed by atoms with E-state index in [1.165, 1.54) is 4.88 Å². The zero-order valence-corrected chi connectivity index (χ0v) is 10.0. The number of carbonyl (C=O) groups excluding carboxylic acids is 1. The van der Waals surface area contributed by atoms with Crippen LogP contribution in [0.15, 0.2) is 18.2 Å². The second-order valence-electron chi connectivity index (χ2n) is 4.07. The Morgan fingerprint density at radius 2 is 2.38 bits per heavy atom. The van der Waals surface area contributed by atoms with Crippen molar-refractivity contribution in [1.82, 2.24) is 4.90 Å². The number of rotatable bonds is 3. The van der Waals surface area contributed by atoms with E-state index in [1.807, 2.05) is 25.1 Å². The highest BCUT2D eigenvalue weighted by Crippen LogP contribution is 2.18. The van der Waals surface area contributed by atoms with Crippen LogP contribution in [-0.2, 0) is 4.79 Å². The van der Waals surface area contributed by atoms with Gasteiger partial charge in [0.25, 0.3) is 0 Å². The van der Waals surface area contributed by atoms with Gasteiger partial charge in [-0.05, 0) is 25.1 Å². The minimum Gasteiger partial charge on any atom is -0.396 e. The third kappa shape index (κ3) is 2.51. The quantitative estimate of drug-likeness (QED) is 0.810. The van der Waals surface area contributed by atoms with Gasteiger partial charge in [0.2, 0.25) is 5.91 Å². The molecule has 0 bridgehead atoms. The van der Waals surface area contributed by atoms with E-state index < -0.39 is 0 Å². The lowest BCUT2D eigenvalue weighted by molar-refractivity contribution is -0.132. The predicted molar refractivity (Wildman–Crippen MR) is 65.2 cm³/mol. The van der Waals surface area contributed by atoms with Crippen molar-refractivity contribution in [3.63, 3.8) is 0 Å². The number of likely N-dealkylation sites (tertiary alicyclic amines) is 1. The second-order valence-corrected chi connectivity index (χ2v) is 5.39. The van der Waals surface area contributed by atoms with E-state index in [4.69, 9.17) is 5.11 Å². The number of aliphatic hydroxyl groups excluding tert-OH is 1. The van der Waals surface area contributed by atoms with E-state index in [0.29, 0.717) is 13.1 Å². The highest BCUT2D eigenvalue weighted by atomic mass is 32.1. The van der Waals surface area contributed by atoms with Gasteiger partial charge in [-0.25, -0.2) is 0 Å². The minimum atomic E-state index is 0.0377. The lowest BCUT2D eigenvalue weighted by Gasteiger charge is -2.37. The first-order valence-electron chi connectivity index (χ1n) is 5.33. The number of amides is 1. The summed E-state index contributed by atoms with van der Waals surface area (Å²) in [6.45, 7) is 3.59. The van der Waals surface area contributed by atoms with E-state index >= 15 is 0 Å². The van der Waals surface area contributed by atoms with Crippen LogP contribution in [0.4, 0.5) is 0 Å². The second kappa shape index (κ2) is 4.80. The summed E-state index contributed by atoms with van der Waals surface area (Å²) in [5.41, 5.74) is 0. The Morgan fingerprint density at radius 1 is 1.62 bits per heavy atom. The fraction of sp³-hybridized carbons (Fsp3) is 0.417. The lowest BCUT2D eigenvalue weighted by atomic mass is 10.0. The molecule has 2 heterocycles. The minimum absolute atomic E-state index is 0.0377. The Bertz CT molecular complexity index is 405. The SMILES string of the molecule is Cc1ccc(C=CC(=O)N2CC(CO)C2)s1. The molecule has 1 amide bonds. The fourth-order valence-electron chi connectivity index (χ4n) is 1.67. The van der Waals surface area contributed by atoms with Gasteiger partial charge in [-0.1, -0.05) is 0 Å². The molecule has 0 radical (unpaired) electrons. The molecular weight excluding hydrogens is 222 g/mol. The summed E-state index contributed by atoms with van der Waals surface area (Å²) in [5.74, 6) is 0.317. The smallest absolute Gasteiger partial charge is 0.246 e. The number of hydrogen-bond acceptors (Lipinski definition) is 3. The van der Waals surface area contributed by atoms with Gasteiger partial charge in [-0.3, -0.25) is 4.79 Å². The highest BCUT2D eigenvalue weighted by Gasteiger charge is 2.28. The van der Waals surface area contributed by atoms with E-state index in [0.717, 1.165) is 4.88 Å². The summed E-state index contributed by atoms with van der Waals surface area (Å²) in [7, 11) is 0. The molecule has 1 fully saturated rings. The Kier molecular flexibility index (Phi) is 3.41. The van der Waals surface area contributed by atoms with Crippen molar-refractivity contribution >= 4 is 23.3 Å². The molecule has 0 atom stereocenters. The molecule has 4 heteroatoms. The fourth-order valence-corrected chi connectivity index (χ4v) is 2.45. The molecule has 86 valence electrons. The first kappa shape index (κ1) is 11.4. The predicted octanol–water partition coefficient (Wildman–Crippen LogP) is 1.52. The van der Waals surface area contributed by atoms with Gasteiger partial charge in [0.1, 0.15) is 0 Å². The van der Waals surface area contributed by atoms with Crippen LogP contribution in [-0.4, -0.2) is 35.6 Å². The van der Waals surface area contributed by atoms with Crippen LogP contribution in [0.3, 0.4) is 0 Å². The Morgan fingerprint density at radius 3 is 2.94 bits per heavy atom. The number of aliphatic hydroxyl groups is 1. The van der Waals surface area contributed by atoms with Crippen LogP contribution < -0.4 is 0 Å². The Balaban J connectivity index is 1.86. The van der Waals surface area contributed by atoms with Crippen molar-refractivity contribution in [3.8, 4) is 0 Å². The van der Waals surface area contributed by atoms with Gasteiger partial charge in [0.05, 0.1) is 0 Å². The largest absolute Gasteiger partial charge is 0.396 e. The summed E-state index contributed by atoms with van der Waals surface area (Å²) in [4.78, 5) is 15.7. The van der Waals surface area contributed by atoms with Gasteiger partial charge in [0.15, 0.2) is 0 Å². The van der Waals surface area contributed by atoms with Crippen molar-refractivity contribution in [2.45, 2.75) is 6.92 Å². The first-order valence-corrected chi connectivity index (χ1v) is 6.15. The van der Waals surface area contributed by atoms with Crippen LogP contribution >= 0.6 is 11.3 Å². The van der Waals surface area contributed by atoms with Crippen molar-refractivity contribution in [3.05, 3.63) is 28.0 Å². The normalized spacial score (nSPS) is 16.8. The van der Waals surface area contributed by atoms with E-state index in [-0.39, 0.29) is 18.4 Å². The van der Waals surface area contributed by atoms with Crippen LogP contribution in [0.25, 0.3) is 6.08 Å². The average Bonchev–Trinajstić information content (AvgIpc) is 2.60. The highest BCUT2D eigenvalue weighted by molar-refractivity contribution is 7.12. The van der Waals surface area contributed by atoms with E-state index in [2.05, 4.69) is 0 Å². The number of aryl methyl sites for hydroxylation is 1. The van der Waals surface area contributed by atoms with Crippen molar-refractivity contribution in [2.75, 3.05) is 19.7 Å². The molecule has 3 nitrogen and oxygen atoms in total. The summed E-state index contributed by atoms with van der Waals surface area (Å²) >= 11 is 1.67. The summed E-state index contributed by atoms with van der Waals surface area (Å²) in [5, 5.41) is 8.84. The van der Waals surface area contributed by atoms with Crippen LogP contribution in [0, 0.1) is 12.8 Å². The van der Waals surface area contributed by atoms with Gasteiger partial charge in [0, 0.05) is 41.4 Å². The molecule has 1 aliphatic heterocycles. The standard InChI is InChI=1S/C12H15NO2S/c1-9-2-3-11(16-9)4-5-12(15)13-6-10(7-13)8-14/h2-5,10,14H,6-8H2,1H3. The molecule has 0 aromatic carbocycles. The third-order valence-electron chi connectivity index (χ3n) is 2.68. The topological polar surface area (TPSA) is 40.5 Å². The molecule has 0 aliphatic carbocycles. The number of thiophene rings is 1. The molecule has 1 aromatic rings. The van der Waals surface area contributed by atoms with Crippen LogP contribution in [0.5, 0.6) is 0 Å². The maximum Gasteiger partial charge on any atom is 0.246 e. The maximum atomic E-state index is 11.6. The van der Waals surface area contributed by atoms with Gasteiger partial charge in [-0.15, -0.1) is 11.3 Å². The van der Waals surface area contributed by atoms with Gasteiger partial charge >= 0.3 is 0 Å². The molecule has 0 spiro atoms. The average molecular weight is 237 g/mol. The number of carbonyl (C=O) groups is 1. The molecular formula is C12H15NO2S. The van der Waals surface area contributed by atoms with Crippen molar-refractivity contribution < 1.29 is 9.90 Å². The third-order valence-corrected chi connectivity index (χ3v) is 3.64. The molecule has 0 saturated carbocycles.